The molecule has 3 fully saturated rings. The van der Waals surface area contributed by atoms with Crippen LogP contribution in [0.1, 0.15) is 45.1 Å². The molecule has 2 saturated heterocycles. The van der Waals surface area contributed by atoms with E-state index in [1.54, 1.807) is 25.3 Å². The highest BCUT2D eigenvalue weighted by atomic mass is 19.1. The summed E-state index contributed by atoms with van der Waals surface area (Å²) < 4.78 is 59.9. The Hall–Kier alpha value is -4.20. The third-order valence-corrected chi connectivity index (χ3v) is 10.4. The number of alkyl halides is 1. The fourth-order valence-electron chi connectivity index (χ4n) is 7.72. The molecule has 50 heavy (non-hydrogen) atoms. The molecule has 0 radical (unpaired) electrons. The van der Waals surface area contributed by atoms with Gasteiger partial charge >= 0.3 is 6.01 Å². The molecule has 3 aromatic heterocycles. The third kappa shape index (κ3) is 5.98. The van der Waals surface area contributed by atoms with Crippen LogP contribution in [0.3, 0.4) is 0 Å². The van der Waals surface area contributed by atoms with Gasteiger partial charge in [-0.1, -0.05) is 13.0 Å². The molecule has 0 amide bonds. The van der Waals surface area contributed by atoms with Crippen LogP contribution >= 0.6 is 0 Å². The summed E-state index contributed by atoms with van der Waals surface area (Å²) in [5.74, 6) is -0.909. The van der Waals surface area contributed by atoms with E-state index in [2.05, 4.69) is 15.0 Å². The number of phenols is 1. The van der Waals surface area contributed by atoms with Crippen molar-refractivity contribution < 1.29 is 32.9 Å². The summed E-state index contributed by atoms with van der Waals surface area (Å²) in [6, 6.07) is 7.60. The van der Waals surface area contributed by atoms with Crippen molar-refractivity contribution in [1.29, 1.82) is 0 Å². The number of hydrogen-bond acceptors (Lipinski definition) is 9. The van der Waals surface area contributed by atoms with E-state index in [0.717, 1.165) is 19.4 Å². The Balaban J connectivity index is 1.30. The van der Waals surface area contributed by atoms with E-state index in [-0.39, 0.29) is 47.1 Å². The summed E-state index contributed by atoms with van der Waals surface area (Å²) in [7, 11) is 0. The van der Waals surface area contributed by atoms with Gasteiger partial charge in [-0.15, -0.1) is 0 Å². The first-order valence-electron chi connectivity index (χ1n) is 17.4. The number of benzene rings is 2. The molecule has 2 aliphatic heterocycles. The van der Waals surface area contributed by atoms with E-state index < -0.39 is 23.4 Å². The van der Waals surface area contributed by atoms with Crippen LogP contribution in [-0.2, 0) is 11.2 Å². The third-order valence-electron chi connectivity index (χ3n) is 10.4. The van der Waals surface area contributed by atoms with Crippen molar-refractivity contribution in [2.75, 3.05) is 57.4 Å². The van der Waals surface area contributed by atoms with Gasteiger partial charge in [-0.3, -0.25) is 0 Å². The van der Waals surface area contributed by atoms with Gasteiger partial charge in [0.25, 0.3) is 0 Å². The van der Waals surface area contributed by atoms with Crippen LogP contribution in [0.25, 0.3) is 38.4 Å². The number of aromatic hydroxyl groups is 1. The van der Waals surface area contributed by atoms with Crippen LogP contribution in [0.15, 0.2) is 36.5 Å². The van der Waals surface area contributed by atoms with Crippen molar-refractivity contribution in [2.45, 2.75) is 57.7 Å². The minimum Gasteiger partial charge on any atom is -0.508 e. The van der Waals surface area contributed by atoms with Gasteiger partial charge in [0.15, 0.2) is 5.82 Å². The number of halogens is 3. The number of likely N-dealkylation sites (tertiary alicyclic amines) is 1. The van der Waals surface area contributed by atoms with Crippen molar-refractivity contribution in [2.24, 2.45) is 5.41 Å². The number of piperidine rings is 1. The number of hydrogen-bond donors (Lipinski definition) is 2. The molecule has 5 heterocycles. The Kier molecular flexibility index (Phi) is 8.27. The lowest BCUT2D eigenvalue weighted by molar-refractivity contribution is -0.0123. The van der Waals surface area contributed by atoms with E-state index in [0.29, 0.717) is 85.2 Å². The van der Waals surface area contributed by atoms with Gasteiger partial charge in [0.05, 0.1) is 43.5 Å². The van der Waals surface area contributed by atoms with Crippen molar-refractivity contribution in [3.05, 3.63) is 53.7 Å². The van der Waals surface area contributed by atoms with Crippen molar-refractivity contribution >= 4 is 33.0 Å². The molecule has 3 aliphatic rings. The number of anilines is 1. The zero-order valence-electron chi connectivity index (χ0n) is 28.3. The lowest BCUT2D eigenvalue weighted by Crippen LogP contribution is -2.42. The molecule has 0 bridgehead atoms. The Morgan fingerprint density at radius 2 is 1.86 bits per heavy atom. The van der Waals surface area contributed by atoms with Crippen LogP contribution in [0, 0.1) is 17.0 Å². The minimum absolute atomic E-state index is 0.00965. The zero-order valence-corrected chi connectivity index (χ0v) is 28.3. The average molecular weight is 691 g/mol. The highest BCUT2D eigenvalue weighted by molar-refractivity contribution is 6.07. The highest BCUT2D eigenvalue weighted by Crippen LogP contribution is 2.47. The SMILES string of the molecule is CCc1c(F)ccc2cc(O)cc(-c3c(F)c4nc(OCC5(CN6CCC(F)CC6)CC5)nc(N5CCOC[C@@](C)(O)C5)c4c4ccnn34)c12. The molecule has 1 saturated carbocycles. The van der Waals surface area contributed by atoms with Crippen LogP contribution in [-0.4, -0.2) is 99.0 Å². The fourth-order valence-corrected chi connectivity index (χ4v) is 7.72. The predicted molar refractivity (Wildman–Crippen MR) is 184 cm³/mol. The lowest BCUT2D eigenvalue weighted by atomic mass is 9.94. The van der Waals surface area contributed by atoms with Gasteiger partial charge in [0.2, 0.25) is 0 Å². The Morgan fingerprint density at radius 1 is 1.06 bits per heavy atom. The minimum atomic E-state index is -1.21. The number of pyridine rings is 1. The second kappa shape index (κ2) is 12.5. The summed E-state index contributed by atoms with van der Waals surface area (Å²) in [6.45, 7) is 6.98. The summed E-state index contributed by atoms with van der Waals surface area (Å²) in [6.07, 6.45) is 4.09. The van der Waals surface area contributed by atoms with Crippen molar-refractivity contribution in [1.82, 2.24) is 24.5 Å². The Bertz CT molecular complexity index is 2090. The van der Waals surface area contributed by atoms with Crippen molar-refractivity contribution in [3.63, 3.8) is 0 Å². The van der Waals surface area contributed by atoms with E-state index in [4.69, 9.17) is 14.5 Å². The van der Waals surface area contributed by atoms with Gasteiger partial charge < -0.3 is 29.5 Å². The average Bonchev–Trinajstić information content (AvgIpc) is 3.74. The molecule has 2 N–H and O–H groups in total. The number of nitrogens with zero attached hydrogens (tertiary/aromatic N) is 6. The number of ether oxygens (including phenoxy) is 2. The van der Waals surface area contributed by atoms with Gasteiger partial charge in [-0.25, -0.2) is 17.7 Å². The van der Waals surface area contributed by atoms with Gasteiger partial charge in [-0.05, 0) is 79.6 Å². The van der Waals surface area contributed by atoms with Gasteiger partial charge in [-0.2, -0.15) is 15.1 Å². The number of rotatable bonds is 8. The Morgan fingerprint density at radius 3 is 2.62 bits per heavy atom. The first-order chi connectivity index (χ1) is 24.0. The number of aliphatic hydroxyl groups is 1. The quantitative estimate of drug-likeness (QED) is 0.208. The predicted octanol–water partition coefficient (Wildman–Crippen LogP) is 5.82. The van der Waals surface area contributed by atoms with Crippen molar-refractivity contribution in [3.8, 4) is 23.0 Å². The molecule has 10 nitrogen and oxygen atoms in total. The van der Waals surface area contributed by atoms with E-state index in [9.17, 15) is 14.6 Å². The topological polar surface area (TPSA) is 108 Å². The van der Waals surface area contributed by atoms with E-state index in [1.807, 2.05) is 11.8 Å². The van der Waals surface area contributed by atoms with Gasteiger partial charge in [0.1, 0.15) is 40.4 Å². The second-order valence-corrected chi connectivity index (χ2v) is 14.5. The highest BCUT2D eigenvalue weighted by Gasteiger charge is 2.45. The van der Waals surface area contributed by atoms with Gasteiger partial charge in [0, 0.05) is 37.2 Å². The summed E-state index contributed by atoms with van der Waals surface area (Å²) >= 11 is 0. The van der Waals surface area contributed by atoms with E-state index >= 15 is 8.78 Å². The van der Waals surface area contributed by atoms with Crippen LogP contribution in [0.2, 0.25) is 0 Å². The first-order valence-corrected chi connectivity index (χ1v) is 17.4. The summed E-state index contributed by atoms with van der Waals surface area (Å²) in [5, 5.41) is 27.8. The van der Waals surface area contributed by atoms with Crippen LogP contribution < -0.4 is 9.64 Å². The maximum Gasteiger partial charge on any atom is 0.319 e. The molecule has 264 valence electrons. The summed E-state index contributed by atoms with van der Waals surface area (Å²) in [4.78, 5) is 13.7. The molecule has 5 aromatic rings. The summed E-state index contributed by atoms with van der Waals surface area (Å²) in [5.41, 5.74) is -0.204. The first kappa shape index (κ1) is 33.0. The molecular formula is C37H41F3N6O4. The number of aryl methyl sites for hydroxylation is 1. The molecule has 1 aliphatic carbocycles. The number of phenolic OH excluding ortho intramolecular Hbond substituents is 1. The molecule has 2 aromatic carbocycles. The lowest BCUT2D eigenvalue weighted by Gasteiger charge is -2.32. The molecule has 1 atom stereocenters. The van der Waals surface area contributed by atoms with Crippen LogP contribution in [0.4, 0.5) is 19.0 Å². The monoisotopic (exact) mass is 690 g/mol. The fraction of sp³-hybridized carbons (Fsp3) is 0.486. The maximum atomic E-state index is 17.4. The molecule has 0 spiro atoms. The van der Waals surface area contributed by atoms with Crippen LogP contribution in [0.5, 0.6) is 11.8 Å². The smallest absolute Gasteiger partial charge is 0.319 e. The molecule has 0 unspecified atom stereocenters. The number of fused-ring (bicyclic) bond motifs is 4. The number of β-amino-alcohol motifs (C(OH)–C–C–N with tert-alkyl or cyclic N) is 1. The normalized spacial score (nSPS) is 21.7. The molecule has 8 rings (SSSR count). The maximum absolute atomic E-state index is 17.4. The molecular weight excluding hydrogens is 649 g/mol. The van der Waals surface area contributed by atoms with E-state index in [1.165, 1.54) is 22.7 Å². The standard InChI is InChI=1S/C37H41F3N6O4/c1-3-25-27(39)5-4-22-16-24(47)17-26(29(22)25)33-31(40)32-30(28-6-11-41-46(28)33)34(45-14-15-49-20-36(2,48)18-45)43-35(42-32)50-21-37(9-10-37)19-44-12-7-23(38)8-13-44/h4-6,11,16-17,23,47-48H,3,7-10,12-15,18-21H2,1-2H3/t36-/m0/s1. The Labute approximate surface area is 287 Å². The molecule has 13 heteroatoms. The largest absolute Gasteiger partial charge is 0.508 e. The zero-order chi connectivity index (χ0) is 34.8. The second-order valence-electron chi connectivity index (χ2n) is 14.5. The number of aromatic nitrogens is 4.